The van der Waals surface area contributed by atoms with E-state index >= 15 is 0 Å². The standard InChI is InChI=1S/C14H19FN4.HI/c1-4-17-14(19-10(2)3)18-9-12-6-5-11(8-16)7-13(12)15;/h5-7,10H,4,9H2,1-3H3,(H2,17,18,19);1H. The molecule has 1 rings (SSSR count). The van der Waals surface area contributed by atoms with E-state index in [2.05, 4.69) is 15.6 Å². The van der Waals surface area contributed by atoms with Gasteiger partial charge in [-0.05, 0) is 32.9 Å². The molecule has 0 aromatic heterocycles. The Morgan fingerprint density at radius 3 is 2.65 bits per heavy atom. The summed E-state index contributed by atoms with van der Waals surface area (Å²) in [6.07, 6.45) is 0. The minimum Gasteiger partial charge on any atom is -0.357 e. The van der Waals surface area contributed by atoms with Crippen LogP contribution in [-0.2, 0) is 6.54 Å². The monoisotopic (exact) mass is 390 g/mol. The molecule has 1 aromatic rings. The van der Waals surface area contributed by atoms with Crippen LogP contribution in [-0.4, -0.2) is 18.5 Å². The summed E-state index contributed by atoms with van der Waals surface area (Å²) in [6, 6.07) is 6.58. The highest BCUT2D eigenvalue weighted by molar-refractivity contribution is 14.0. The second-order valence-corrected chi connectivity index (χ2v) is 4.41. The second kappa shape index (κ2) is 9.53. The van der Waals surface area contributed by atoms with Crippen molar-refractivity contribution in [2.75, 3.05) is 6.54 Å². The van der Waals surface area contributed by atoms with Gasteiger partial charge in [-0.3, -0.25) is 0 Å². The third kappa shape index (κ3) is 6.19. The second-order valence-electron chi connectivity index (χ2n) is 4.41. The summed E-state index contributed by atoms with van der Waals surface area (Å²) in [4.78, 5) is 4.31. The third-order valence-electron chi connectivity index (χ3n) is 2.36. The molecule has 6 heteroatoms. The van der Waals surface area contributed by atoms with Crippen molar-refractivity contribution in [3.8, 4) is 6.07 Å². The Balaban J connectivity index is 0.00000361. The van der Waals surface area contributed by atoms with E-state index < -0.39 is 5.82 Å². The summed E-state index contributed by atoms with van der Waals surface area (Å²) in [5, 5.41) is 14.9. The van der Waals surface area contributed by atoms with E-state index in [0.717, 1.165) is 6.54 Å². The highest BCUT2D eigenvalue weighted by Crippen LogP contribution is 2.10. The number of nitriles is 1. The van der Waals surface area contributed by atoms with E-state index in [1.54, 1.807) is 12.1 Å². The molecule has 0 radical (unpaired) electrons. The Kier molecular flexibility index (Phi) is 8.88. The highest BCUT2D eigenvalue weighted by atomic mass is 127. The number of hydrogen-bond donors (Lipinski definition) is 2. The molecule has 0 spiro atoms. The zero-order valence-corrected chi connectivity index (χ0v) is 14.2. The lowest BCUT2D eigenvalue weighted by Crippen LogP contribution is -2.41. The van der Waals surface area contributed by atoms with Crippen LogP contribution in [0, 0.1) is 17.1 Å². The van der Waals surface area contributed by atoms with Gasteiger partial charge >= 0.3 is 0 Å². The molecule has 0 heterocycles. The summed E-state index contributed by atoms with van der Waals surface area (Å²) in [6.45, 7) is 6.97. The van der Waals surface area contributed by atoms with Crippen LogP contribution < -0.4 is 10.6 Å². The molecule has 0 amide bonds. The van der Waals surface area contributed by atoms with Gasteiger partial charge in [0.2, 0.25) is 0 Å². The van der Waals surface area contributed by atoms with Crippen molar-refractivity contribution in [1.82, 2.24) is 10.6 Å². The van der Waals surface area contributed by atoms with Crippen molar-refractivity contribution in [2.45, 2.75) is 33.4 Å². The molecule has 0 aliphatic carbocycles. The molecule has 110 valence electrons. The van der Waals surface area contributed by atoms with Crippen molar-refractivity contribution >= 4 is 29.9 Å². The summed E-state index contributed by atoms with van der Waals surface area (Å²) < 4.78 is 13.7. The largest absolute Gasteiger partial charge is 0.357 e. The molecule has 0 saturated heterocycles. The average Bonchev–Trinajstić information content (AvgIpc) is 2.36. The van der Waals surface area contributed by atoms with Gasteiger partial charge in [0.1, 0.15) is 5.82 Å². The molecule has 20 heavy (non-hydrogen) atoms. The molecule has 0 aliphatic rings. The number of nitrogens with one attached hydrogen (secondary N) is 2. The van der Waals surface area contributed by atoms with Gasteiger partial charge in [0.15, 0.2) is 5.96 Å². The molecule has 4 nitrogen and oxygen atoms in total. The van der Waals surface area contributed by atoms with E-state index in [9.17, 15) is 4.39 Å². The SMILES string of the molecule is CCNC(=NCc1ccc(C#N)cc1F)NC(C)C.I. The topological polar surface area (TPSA) is 60.2 Å². The van der Waals surface area contributed by atoms with Gasteiger partial charge in [0.25, 0.3) is 0 Å². The van der Waals surface area contributed by atoms with Crippen molar-refractivity contribution in [3.63, 3.8) is 0 Å². The molecule has 0 bridgehead atoms. The lowest BCUT2D eigenvalue weighted by Gasteiger charge is -2.14. The van der Waals surface area contributed by atoms with Crippen molar-refractivity contribution in [2.24, 2.45) is 4.99 Å². The maximum Gasteiger partial charge on any atom is 0.191 e. The van der Waals surface area contributed by atoms with E-state index in [-0.39, 0.29) is 36.6 Å². The zero-order valence-electron chi connectivity index (χ0n) is 11.9. The zero-order chi connectivity index (χ0) is 14.3. The molecule has 0 atom stereocenters. The molecular weight excluding hydrogens is 370 g/mol. The predicted octanol–water partition coefficient (Wildman–Crippen LogP) is 2.78. The number of hydrogen-bond acceptors (Lipinski definition) is 2. The van der Waals surface area contributed by atoms with Gasteiger partial charge in [-0.1, -0.05) is 6.07 Å². The third-order valence-corrected chi connectivity index (χ3v) is 2.36. The molecule has 1 aromatic carbocycles. The first-order chi connectivity index (χ1) is 9.06. The Morgan fingerprint density at radius 2 is 2.15 bits per heavy atom. The fraction of sp³-hybridized carbons (Fsp3) is 0.429. The molecular formula is C14H20FIN4. The minimum absolute atomic E-state index is 0. The van der Waals surface area contributed by atoms with Crippen LogP contribution in [0.4, 0.5) is 4.39 Å². The van der Waals surface area contributed by atoms with Crippen LogP contribution in [0.25, 0.3) is 0 Å². The first kappa shape index (κ1) is 18.6. The number of aliphatic imine (C=N–C) groups is 1. The van der Waals surface area contributed by atoms with Gasteiger partial charge in [-0.25, -0.2) is 9.38 Å². The van der Waals surface area contributed by atoms with Crippen LogP contribution in [0.15, 0.2) is 23.2 Å². The number of guanidine groups is 1. The summed E-state index contributed by atoms with van der Waals surface area (Å²) >= 11 is 0. The Morgan fingerprint density at radius 1 is 1.45 bits per heavy atom. The quantitative estimate of drug-likeness (QED) is 0.472. The van der Waals surface area contributed by atoms with Gasteiger partial charge in [-0.2, -0.15) is 5.26 Å². The highest BCUT2D eigenvalue weighted by Gasteiger charge is 2.04. The summed E-state index contributed by atoms with van der Waals surface area (Å²) in [7, 11) is 0. The number of nitrogens with zero attached hydrogens (tertiary/aromatic N) is 2. The van der Waals surface area contributed by atoms with E-state index in [1.807, 2.05) is 26.8 Å². The maximum absolute atomic E-state index is 13.7. The van der Waals surface area contributed by atoms with Crippen LogP contribution in [0.5, 0.6) is 0 Å². The van der Waals surface area contributed by atoms with E-state index in [4.69, 9.17) is 5.26 Å². The average molecular weight is 390 g/mol. The normalized spacial score (nSPS) is 10.7. The number of rotatable bonds is 4. The fourth-order valence-electron chi connectivity index (χ4n) is 1.50. The van der Waals surface area contributed by atoms with Crippen LogP contribution in [0.1, 0.15) is 31.9 Å². The van der Waals surface area contributed by atoms with Crippen LogP contribution in [0.3, 0.4) is 0 Å². The maximum atomic E-state index is 13.7. The van der Waals surface area contributed by atoms with Gasteiger partial charge < -0.3 is 10.6 Å². The van der Waals surface area contributed by atoms with Crippen molar-refractivity contribution in [1.29, 1.82) is 5.26 Å². The number of halogens is 2. The molecule has 0 unspecified atom stereocenters. The van der Waals surface area contributed by atoms with Gasteiger partial charge in [0.05, 0.1) is 18.2 Å². The van der Waals surface area contributed by atoms with E-state index in [1.165, 1.54) is 6.07 Å². The van der Waals surface area contributed by atoms with Crippen LogP contribution >= 0.6 is 24.0 Å². The number of benzene rings is 1. The van der Waals surface area contributed by atoms with Crippen LogP contribution in [0.2, 0.25) is 0 Å². The van der Waals surface area contributed by atoms with Gasteiger partial charge in [0, 0.05) is 18.2 Å². The van der Waals surface area contributed by atoms with Crippen molar-refractivity contribution < 1.29 is 4.39 Å². The fourth-order valence-corrected chi connectivity index (χ4v) is 1.50. The smallest absolute Gasteiger partial charge is 0.191 e. The lowest BCUT2D eigenvalue weighted by molar-refractivity contribution is 0.609. The van der Waals surface area contributed by atoms with Gasteiger partial charge in [-0.15, -0.1) is 24.0 Å². The Labute approximate surface area is 136 Å². The predicted molar refractivity (Wildman–Crippen MR) is 89.6 cm³/mol. The summed E-state index contributed by atoms with van der Waals surface area (Å²) in [5.41, 5.74) is 0.789. The molecule has 2 N–H and O–H groups in total. The molecule has 0 aliphatic heterocycles. The molecule has 0 fully saturated rings. The lowest BCUT2D eigenvalue weighted by atomic mass is 10.1. The van der Waals surface area contributed by atoms with E-state index in [0.29, 0.717) is 17.1 Å². The first-order valence-electron chi connectivity index (χ1n) is 6.30. The Bertz CT molecular complexity index is 494. The summed E-state index contributed by atoms with van der Waals surface area (Å²) in [5.74, 6) is 0.254. The first-order valence-corrected chi connectivity index (χ1v) is 6.30. The Hall–Kier alpha value is -1.36. The van der Waals surface area contributed by atoms with Crippen molar-refractivity contribution in [3.05, 3.63) is 35.1 Å². The minimum atomic E-state index is -0.400. The molecule has 0 saturated carbocycles.